The van der Waals surface area contributed by atoms with E-state index in [1.807, 2.05) is 30.3 Å². The van der Waals surface area contributed by atoms with Gasteiger partial charge in [-0.05, 0) is 77.8 Å². The summed E-state index contributed by atoms with van der Waals surface area (Å²) >= 11 is 0. The number of nitrogens with zero attached hydrogens (tertiary/aromatic N) is 1. The summed E-state index contributed by atoms with van der Waals surface area (Å²) in [7, 11) is 0. The van der Waals surface area contributed by atoms with E-state index in [0.717, 1.165) is 23.1 Å². The molecule has 0 radical (unpaired) electrons. The molecular weight excluding hydrogens is 496 g/mol. The Bertz CT molecular complexity index is 1230. The summed E-state index contributed by atoms with van der Waals surface area (Å²) in [5.41, 5.74) is 3.00. The largest absolute Gasteiger partial charge is 0.478 e. The first kappa shape index (κ1) is 27.8. The van der Waals surface area contributed by atoms with Gasteiger partial charge >= 0.3 is 5.97 Å². The molecule has 2 bridgehead atoms. The van der Waals surface area contributed by atoms with E-state index in [1.165, 1.54) is 6.42 Å². The van der Waals surface area contributed by atoms with Crippen LogP contribution >= 0.6 is 0 Å². The highest BCUT2D eigenvalue weighted by Crippen LogP contribution is 2.61. The number of hydrogen-bond donors (Lipinski definition) is 4. The number of aromatic carboxylic acids is 1. The maximum Gasteiger partial charge on any atom is 0.335 e. The van der Waals surface area contributed by atoms with E-state index < -0.39 is 30.1 Å². The van der Waals surface area contributed by atoms with Crippen molar-refractivity contribution in [3.63, 3.8) is 0 Å². The van der Waals surface area contributed by atoms with Gasteiger partial charge in [0.05, 0.1) is 24.8 Å². The van der Waals surface area contributed by atoms with Gasteiger partial charge in [-0.1, -0.05) is 51.1 Å². The predicted octanol–water partition coefficient (Wildman–Crippen LogP) is 3.71. The van der Waals surface area contributed by atoms with Crippen LogP contribution in [0.5, 0.6) is 0 Å². The first-order valence-corrected chi connectivity index (χ1v) is 14.0. The van der Waals surface area contributed by atoms with Gasteiger partial charge in [-0.25, -0.2) is 4.79 Å². The number of carbonyl (C=O) groups excluding carboxylic acids is 1. The summed E-state index contributed by atoms with van der Waals surface area (Å²) in [6.45, 7) is 8.47. The number of benzene rings is 2. The molecule has 2 aromatic carbocycles. The first-order chi connectivity index (χ1) is 18.5. The number of aliphatic hydroxyl groups excluding tert-OH is 2. The number of rotatable bonds is 8. The standard InChI is InChI=1S/C31H40N2O6/c1-17-24-13-23(31(24,3)4)14-25(17)32-29(36)28-27(18(2)35)26(16-34)39-33(28)15-19-7-5-8-20(11-19)21-9-6-10-22(12-21)30(37)38/h5-12,17-18,23-28,34-35H,13-16H2,1-4H3,(H,32,36)(H,37,38)/t17-,18-,23+,24-,25-,26-,27+,28-/m0/s1. The van der Waals surface area contributed by atoms with Crippen LogP contribution in [0, 0.1) is 29.1 Å². The number of carbonyl (C=O) groups is 2. The van der Waals surface area contributed by atoms with Gasteiger partial charge in [0.25, 0.3) is 0 Å². The third-order valence-corrected chi connectivity index (χ3v) is 9.77. The third kappa shape index (κ3) is 5.11. The number of hydrogen-bond acceptors (Lipinski definition) is 6. The molecule has 8 atom stereocenters. The summed E-state index contributed by atoms with van der Waals surface area (Å²) in [5, 5.41) is 35.0. The normalized spacial score (nSPS) is 32.3. The van der Waals surface area contributed by atoms with Crippen LogP contribution in [0.15, 0.2) is 48.5 Å². The zero-order valence-electron chi connectivity index (χ0n) is 23.1. The van der Waals surface area contributed by atoms with E-state index in [9.17, 15) is 24.9 Å². The lowest BCUT2D eigenvalue weighted by Gasteiger charge is -2.62. The topological polar surface area (TPSA) is 119 Å². The van der Waals surface area contributed by atoms with Crippen molar-refractivity contribution in [1.82, 2.24) is 10.4 Å². The van der Waals surface area contributed by atoms with Gasteiger partial charge in [0, 0.05) is 12.0 Å². The Morgan fingerprint density at radius 3 is 2.44 bits per heavy atom. The van der Waals surface area contributed by atoms with E-state index in [2.05, 4.69) is 26.1 Å². The van der Waals surface area contributed by atoms with Crippen molar-refractivity contribution >= 4 is 11.9 Å². The van der Waals surface area contributed by atoms with Crippen LogP contribution in [-0.2, 0) is 16.2 Å². The highest BCUT2D eigenvalue weighted by molar-refractivity contribution is 5.89. The molecule has 4 fully saturated rings. The lowest BCUT2D eigenvalue weighted by molar-refractivity contribution is -0.183. The Morgan fingerprint density at radius 2 is 1.82 bits per heavy atom. The number of hydroxylamine groups is 2. The van der Waals surface area contributed by atoms with E-state index >= 15 is 0 Å². The van der Waals surface area contributed by atoms with Crippen LogP contribution in [0.25, 0.3) is 11.1 Å². The zero-order chi connectivity index (χ0) is 28.1. The van der Waals surface area contributed by atoms with Crippen molar-refractivity contribution in [2.75, 3.05) is 6.61 Å². The summed E-state index contributed by atoms with van der Waals surface area (Å²) in [6.07, 6.45) is 0.606. The molecule has 0 spiro atoms. The predicted molar refractivity (Wildman–Crippen MR) is 146 cm³/mol. The van der Waals surface area contributed by atoms with Gasteiger partial charge < -0.3 is 20.6 Å². The maximum atomic E-state index is 13.8. The van der Waals surface area contributed by atoms with Gasteiger partial charge in [-0.3, -0.25) is 9.63 Å². The average molecular weight is 537 g/mol. The second-order valence-corrected chi connectivity index (χ2v) is 12.3. The van der Waals surface area contributed by atoms with Crippen LogP contribution in [-0.4, -0.2) is 63.2 Å². The second kappa shape index (κ2) is 10.7. The van der Waals surface area contributed by atoms with E-state index in [-0.39, 0.29) is 30.7 Å². The fourth-order valence-corrected chi connectivity index (χ4v) is 7.35. The van der Waals surface area contributed by atoms with Crippen molar-refractivity contribution in [2.45, 2.75) is 71.4 Å². The van der Waals surface area contributed by atoms with Gasteiger partial charge in [-0.2, -0.15) is 5.06 Å². The molecule has 1 amide bonds. The van der Waals surface area contributed by atoms with E-state index in [4.69, 9.17) is 4.84 Å². The molecule has 1 aliphatic heterocycles. The molecule has 39 heavy (non-hydrogen) atoms. The SMILES string of the molecule is C[C@@H]1[C@@H](NC(=O)[C@@H]2[C@H]([C@H](C)O)[C@H](CO)ON2Cc2cccc(-c3cccc(C(=O)O)c3)c2)C[C@H]2C[C@@H]1C2(C)C. The van der Waals surface area contributed by atoms with Crippen LogP contribution < -0.4 is 5.32 Å². The van der Waals surface area contributed by atoms with Gasteiger partial charge in [0.15, 0.2) is 0 Å². The molecule has 3 aliphatic carbocycles. The second-order valence-electron chi connectivity index (χ2n) is 12.3. The number of amides is 1. The number of fused-ring (bicyclic) bond motifs is 2. The minimum Gasteiger partial charge on any atom is -0.478 e. The molecule has 8 heteroatoms. The van der Waals surface area contributed by atoms with Crippen LogP contribution in [0.1, 0.15) is 56.5 Å². The van der Waals surface area contributed by atoms with Crippen LogP contribution in [0.4, 0.5) is 0 Å². The number of carboxylic acid groups (broad SMARTS) is 1. The Labute approximate surface area is 229 Å². The van der Waals surface area contributed by atoms with Crippen molar-refractivity contribution in [2.24, 2.45) is 29.1 Å². The molecule has 1 heterocycles. The number of nitrogens with one attached hydrogen (secondary N) is 1. The van der Waals surface area contributed by atoms with Gasteiger partial charge in [-0.15, -0.1) is 0 Å². The summed E-state index contributed by atoms with van der Waals surface area (Å²) < 4.78 is 0. The fraction of sp³-hybridized carbons (Fsp3) is 0.548. The Kier molecular flexibility index (Phi) is 7.59. The first-order valence-electron chi connectivity index (χ1n) is 14.0. The molecular formula is C31H40N2O6. The summed E-state index contributed by atoms with van der Waals surface area (Å²) in [4.78, 5) is 31.3. The van der Waals surface area contributed by atoms with E-state index in [1.54, 1.807) is 30.2 Å². The van der Waals surface area contributed by atoms with Crippen molar-refractivity contribution in [1.29, 1.82) is 0 Å². The number of carboxylic acids is 1. The minimum absolute atomic E-state index is 0.0730. The number of aliphatic hydroxyl groups is 2. The average Bonchev–Trinajstić information content (AvgIpc) is 3.28. The summed E-state index contributed by atoms with van der Waals surface area (Å²) in [6, 6.07) is 13.7. The van der Waals surface area contributed by atoms with Crippen LogP contribution in [0.3, 0.4) is 0 Å². The molecule has 2 aromatic rings. The highest BCUT2D eigenvalue weighted by Gasteiger charge is 2.57. The molecule has 4 aliphatic rings. The summed E-state index contributed by atoms with van der Waals surface area (Å²) in [5.74, 6) is -0.215. The molecule has 6 rings (SSSR count). The molecule has 0 unspecified atom stereocenters. The molecule has 1 saturated heterocycles. The zero-order valence-corrected chi connectivity index (χ0v) is 23.1. The van der Waals surface area contributed by atoms with E-state index in [0.29, 0.717) is 23.2 Å². The van der Waals surface area contributed by atoms with Crippen molar-refractivity contribution in [3.8, 4) is 11.1 Å². The van der Waals surface area contributed by atoms with Crippen molar-refractivity contribution < 1.29 is 29.7 Å². The molecule has 210 valence electrons. The minimum atomic E-state index is -0.986. The molecule has 4 N–H and O–H groups in total. The Hall–Kier alpha value is -2.78. The lowest BCUT2D eigenvalue weighted by atomic mass is 9.45. The lowest BCUT2D eigenvalue weighted by Crippen LogP contribution is -2.62. The van der Waals surface area contributed by atoms with Gasteiger partial charge in [0.2, 0.25) is 5.91 Å². The van der Waals surface area contributed by atoms with Gasteiger partial charge in [0.1, 0.15) is 12.1 Å². The highest BCUT2D eigenvalue weighted by atomic mass is 16.7. The fourth-order valence-electron chi connectivity index (χ4n) is 7.35. The molecule has 8 nitrogen and oxygen atoms in total. The van der Waals surface area contributed by atoms with Crippen LogP contribution in [0.2, 0.25) is 0 Å². The maximum absolute atomic E-state index is 13.8. The molecule has 3 saturated carbocycles. The Morgan fingerprint density at radius 1 is 1.13 bits per heavy atom. The molecule has 0 aromatic heterocycles. The quantitative estimate of drug-likeness (QED) is 0.406. The third-order valence-electron chi connectivity index (χ3n) is 9.77. The Balaban J connectivity index is 1.37. The smallest absolute Gasteiger partial charge is 0.335 e. The van der Waals surface area contributed by atoms with Crippen molar-refractivity contribution in [3.05, 3.63) is 59.7 Å². The monoisotopic (exact) mass is 536 g/mol.